The van der Waals surface area contributed by atoms with Gasteiger partial charge in [0.2, 0.25) is 0 Å². The molecule has 1 fully saturated rings. The van der Waals surface area contributed by atoms with Gasteiger partial charge in [-0.25, -0.2) is 4.79 Å². The van der Waals surface area contributed by atoms with Crippen molar-refractivity contribution in [3.8, 4) is 0 Å². The molecular weight excluding hydrogens is 316 g/mol. The Bertz CT molecular complexity index is 833. The van der Waals surface area contributed by atoms with Crippen molar-refractivity contribution in [3.05, 3.63) is 45.2 Å². The molecule has 0 saturated carbocycles. The Balaban J connectivity index is 1.95. The molecule has 25 heavy (non-hydrogen) atoms. The van der Waals surface area contributed by atoms with Crippen molar-refractivity contribution in [1.29, 1.82) is 0 Å². The lowest BCUT2D eigenvalue weighted by molar-refractivity contribution is -0.919. The van der Waals surface area contributed by atoms with Crippen LogP contribution in [0.1, 0.15) is 48.3 Å². The van der Waals surface area contributed by atoms with Crippen LogP contribution in [-0.2, 0) is 11.3 Å². The van der Waals surface area contributed by atoms with Crippen LogP contribution in [0.5, 0.6) is 0 Å². The highest BCUT2D eigenvalue weighted by atomic mass is 16.5. The van der Waals surface area contributed by atoms with Gasteiger partial charge < -0.3 is 14.6 Å². The SMILES string of the molecule is CCOC(=O)c1ccc2[nH]c(C)c(C[NH+]3CCC(C)CC3)c(=O)c2c1. The van der Waals surface area contributed by atoms with Crippen LogP contribution in [0.2, 0.25) is 0 Å². The van der Waals surface area contributed by atoms with Gasteiger partial charge in [-0.2, -0.15) is 0 Å². The third kappa shape index (κ3) is 3.76. The first kappa shape index (κ1) is 17.7. The lowest BCUT2D eigenvalue weighted by Crippen LogP contribution is -3.12. The van der Waals surface area contributed by atoms with Gasteiger partial charge >= 0.3 is 5.97 Å². The number of hydrogen-bond acceptors (Lipinski definition) is 3. The molecule has 2 heterocycles. The molecule has 0 aliphatic carbocycles. The van der Waals surface area contributed by atoms with E-state index < -0.39 is 0 Å². The van der Waals surface area contributed by atoms with Gasteiger partial charge in [0.25, 0.3) is 0 Å². The second kappa shape index (κ2) is 7.40. The smallest absolute Gasteiger partial charge is 0.338 e. The molecule has 1 aliphatic rings. The van der Waals surface area contributed by atoms with E-state index in [9.17, 15) is 9.59 Å². The number of carbonyl (C=O) groups is 1. The van der Waals surface area contributed by atoms with E-state index in [0.29, 0.717) is 17.6 Å². The zero-order chi connectivity index (χ0) is 18.0. The van der Waals surface area contributed by atoms with Crippen LogP contribution in [0.15, 0.2) is 23.0 Å². The maximum atomic E-state index is 13.0. The minimum atomic E-state index is -0.387. The van der Waals surface area contributed by atoms with Gasteiger partial charge in [0, 0.05) is 16.6 Å². The number of H-pyrrole nitrogens is 1. The molecule has 1 saturated heterocycles. The van der Waals surface area contributed by atoms with Crippen molar-refractivity contribution in [2.45, 2.75) is 40.2 Å². The molecule has 0 amide bonds. The molecule has 1 aromatic carbocycles. The van der Waals surface area contributed by atoms with E-state index in [4.69, 9.17) is 4.74 Å². The van der Waals surface area contributed by atoms with Crippen molar-refractivity contribution in [2.24, 2.45) is 5.92 Å². The summed E-state index contributed by atoms with van der Waals surface area (Å²) in [6.07, 6.45) is 2.43. The predicted molar refractivity (Wildman–Crippen MR) is 98.1 cm³/mol. The average molecular weight is 343 g/mol. The molecule has 5 nitrogen and oxygen atoms in total. The van der Waals surface area contributed by atoms with Crippen LogP contribution in [0.4, 0.5) is 0 Å². The summed E-state index contributed by atoms with van der Waals surface area (Å²) in [4.78, 5) is 29.8. The van der Waals surface area contributed by atoms with E-state index in [1.54, 1.807) is 25.1 Å². The summed E-state index contributed by atoms with van der Waals surface area (Å²) in [6.45, 7) is 9.32. The predicted octanol–water partition coefficient (Wildman–Crippen LogP) is 1.83. The Morgan fingerprint density at radius 2 is 2.04 bits per heavy atom. The number of esters is 1. The lowest BCUT2D eigenvalue weighted by Gasteiger charge is -2.27. The number of nitrogens with one attached hydrogen (secondary N) is 2. The molecular formula is C20H27N2O3+. The number of likely N-dealkylation sites (tertiary alicyclic amines) is 1. The first-order chi connectivity index (χ1) is 12.0. The van der Waals surface area contributed by atoms with Crippen LogP contribution >= 0.6 is 0 Å². The fraction of sp³-hybridized carbons (Fsp3) is 0.500. The molecule has 0 atom stereocenters. The molecule has 134 valence electrons. The first-order valence-electron chi connectivity index (χ1n) is 9.15. The van der Waals surface area contributed by atoms with Gasteiger partial charge in [0.1, 0.15) is 6.54 Å². The maximum Gasteiger partial charge on any atom is 0.338 e. The van der Waals surface area contributed by atoms with Gasteiger partial charge in [-0.1, -0.05) is 6.92 Å². The normalized spacial score (nSPS) is 20.6. The van der Waals surface area contributed by atoms with Gasteiger partial charge in [-0.15, -0.1) is 0 Å². The number of aryl methyl sites for hydroxylation is 1. The van der Waals surface area contributed by atoms with Gasteiger partial charge in [-0.3, -0.25) is 4.79 Å². The fourth-order valence-electron chi connectivity index (χ4n) is 3.60. The second-order valence-electron chi connectivity index (χ2n) is 7.15. The van der Waals surface area contributed by atoms with E-state index in [0.717, 1.165) is 42.3 Å². The maximum absolute atomic E-state index is 13.0. The third-order valence-electron chi connectivity index (χ3n) is 5.23. The Kier molecular flexibility index (Phi) is 5.23. The zero-order valence-corrected chi connectivity index (χ0v) is 15.3. The van der Waals surface area contributed by atoms with Gasteiger partial charge in [0.15, 0.2) is 5.43 Å². The molecule has 2 N–H and O–H groups in total. The van der Waals surface area contributed by atoms with E-state index in [1.165, 1.54) is 17.7 Å². The van der Waals surface area contributed by atoms with Crippen molar-refractivity contribution >= 4 is 16.9 Å². The molecule has 0 unspecified atom stereocenters. The van der Waals surface area contributed by atoms with Crippen LogP contribution in [0, 0.1) is 12.8 Å². The number of aromatic nitrogens is 1. The summed E-state index contributed by atoms with van der Waals surface area (Å²) in [5, 5.41) is 0.566. The van der Waals surface area contributed by atoms with Crippen molar-refractivity contribution in [1.82, 2.24) is 4.98 Å². The summed E-state index contributed by atoms with van der Waals surface area (Å²) >= 11 is 0. The van der Waals surface area contributed by atoms with Gasteiger partial charge in [-0.05, 0) is 50.8 Å². The molecule has 0 bridgehead atoms. The number of carbonyl (C=O) groups excluding carboxylic acids is 1. The number of quaternary nitrogens is 1. The molecule has 0 radical (unpaired) electrons. The van der Waals surface area contributed by atoms with Crippen LogP contribution < -0.4 is 10.3 Å². The second-order valence-corrected chi connectivity index (χ2v) is 7.15. The summed E-state index contributed by atoms with van der Waals surface area (Å²) in [5.74, 6) is 0.397. The largest absolute Gasteiger partial charge is 0.462 e. The highest BCUT2D eigenvalue weighted by molar-refractivity contribution is 5.94. The monoisotopic (exact) mass is 343 g/mol. The standard InChI is InChI=1S/C20H26N2O3/c1-4-25-20(24)15-5-6-18-16(11-15)19(23)17(14(3)21-18)12-22-9-7-13(2)8-10-22/h5-6,11,13H,4,7-10,12H2,1-3H3,(H,21,23)/p+1. The fourth-order valence-corrected chi connectivity index (χ4v) is 3.60. The Morgan fingerprint density at radius 1 is 1.32 bits per heavy atom. The highest BCUT2D eigenvalue weighted by Gasteiger charge is 2.22. The Labute approximate surface area is 148 Å². The van der Waals surface area contributed by atoms with E-state index >= 15 is 0 Å². The number of pyridine rings is 1. The average Bonchev–Trinajstić information content (AvgIpc) is 2.60. The summed E-state index contributed by atoms with van der Waals surface area (Å²) < 4.78 is 5.05. The minimum absolute atomic E-state index is 0.0310. The summed E-state index contributed by atoms with van der Waals surface area (Å²) in [5.41, 5.74) is 2.98. The molecule has 0 spiro atoms. The highest BCUT2D eigenvalue weighted by Crippen LogP contribution is 2.15. The van der Waals surface area contributed by atoms with Crippen molar-refractivity contribution in [2.75, 3.05) is 19.7 Å². The quantitative estimate of drug-likeness (QED) is 0.833. The summed E-state index contributed by atoms with van der Waals surface area (Å²) in [7, 11) is 0. The molecule has 3 rings (SSSR count). The third-order valence-corrected chi connectivity index (χ3v) is 5.23. The van der Waals surface area contributed by atoms with E-state index in [1.807, 2.05) is 6.92 Å². The Hall–Kier alpha value is -2.14. The zero-order valence-electron chi connectivity index (χ0n) is 15.3. The number of rotatable bonds is 4. The lowest BCUT2D eigenvalue weighted by atomic mass is 9.98. The topological polar surface area (TPSA) is 63.6 Å². The Morgan fingerprint density at radius 3 is 2.72 bits per heavy atom. The number of fused-ring (bicyclic) bond motifs is 1. The molecule has 5 heteroatoms. The number of benzene rings is 1. The molecule has 1 aromatic heterocycles. The van der Waals surface area contributed by atoms with E-state index in [-0.39, 0.29) is 11.4 Å². The minimum Gasteiger partial charge on any atom is -0.462 e. The first-order valence-corrected chi connectivity index (χ1v) is 9.15. The number of ether oxygens (including phenoxy) is 1. The van der Waals surface area contributed by atoms with E-state index in [2.05, 4.69) is 11.9 Å². The van der Waals surface area contributed by atoms with Crippen LogP contribution in [-0.4, -0.2) is 30.6 Å². The molecule has 2 aromatic rings. The summed E-state index contributed by atoms with van der Waals surface area (Å²) in [6, 6.07) is 5.14. The van der Waals surface area contributed by atoms with Crippen LogP contribution in [0.3, 0.4) is 0 Å². The van der Waals surface area contributed by atoms with Gasteiger partial charge in [0.05, 0.1) is 30.8 Å². The van der Waals surface area contributed by atoms with Crippen molar-refractivity contribution < 1.29 is 14.4 Å². The number of piperidine rings is 1. The van der Waals surface area contributed by atoms with Crippen LogP contribution in [0.25, 0.3) is 10.9 Å². The number of aromatic amines is 1. The van der Waals surface area contributed by atoms with Crippen molar-refractivity contribution in [3.63, 3.8) is 0 Å². The molecule has 1 aliphatic heterocycles. The number of hydrogen-bond donors (Lipinski definition) is 2.